The standard InChI is InChI=1S/C32H34N2O3/c35-32(34-28-19-21-29(22-20-28)36-23-9-15-26-11-3-1-4-12-26)25-33-30-17-7-8-18-31(30)37-24-10-16-27-13-5-2-6-14-27/h1-8,11-14,17-22,33H,9-10,15-16,23-25H2,(H,34,35). The highest BCUT2D eigenvalue weighted by Crippen LogP contribution is 2.24. The number of amides is 1. The summed E-state index contributed by atoms with van der Waals surface area (Å²) in [5.41, 5.74) is 4.15. The van der Waals surface area contributed by atoms with Crippen molar-refractivity contribution in [3.8, 4) is 11.5 Å². The van der Waals surface area contributed by atoms with Crippen LogP contribution in [0.4, 0.5) is 11.4 Å². The Bertz CT molecular complexity index is 1210. The van der Waals surface area contributed by atoms with Crippen LogP contribution in [0.5, 0.6) is 11.5 Å². The van der Waals surface area contributed by atoms with E-state index < -0.39 is 0 Å². The lowest BCUT2D eigenvalue weighted by atomic mass is 10.1. The van der Waals surface area contributed by atoms with E-state index >= 15 is 0 Å². The Hall–Kier alpha value is -4.25. The van der Waals surface area contributed by atoms with Crippen molar-refractivity contribution in [3.05, 3.63) is 120 Å². The van der Waals surface area contributed by atoms with Crippen molar-refractivity contribution in [3.63, 3.8) is 0 Å². The fourth-order valence-electron chi connectivity index (χ4n) is 3.97. The van der Waals surface area contributed by atoms with E-state index in [0.717, 1.165) is 48.6 Å². The smallest absolute Gasteiger partial charge is 0.243 e. The molecule has 0 aromatic heterocycles. The topological polar surface area (TPSA) is 59.6 Å². The third-order valence-electron chi connectivity index (χ3n) is 5.90. The molecule has 4 aromatic carbocycles. The Morgan fingerprint density at radius 3 is 1.84 bits per heavy atom. The SMILES string of the molecule is O=C(CNc1ccccc1OCCCc1ccccc1)Nc1ccc(OCCCc2ccccc2)cc1. The van der Waals surface area contributed by atoms with Crippen molar-refractivity contribution in [1.29, 1.82) is 0 Å². The fourth-order valence-corrected chi connectivity index (χ4v) is 3.97. The highest BCUT2D eigenvalue weighted by atomic mass is 16.5. The average Bonchev–Trinajstić information content (AvgIpc) is 2.95. The molecule has 0 atom stereocenters. The molecule has 37 heavy (non-hydrogen) atoms. The van der Waals surface area contributed by atoms with Gasteiger partial charge in [0.1, 0.15) is 11.5 Å². The second kappa shape index (κ2) is 14.3. The molecule has 4 rings (SSSR count). The second-order valence-electron chi connectivity index (χ2n) is 8.80. The van der Waals surface area contributed by atoms with Gasteiger partial charge in [-0.25, -0.2) is 0 Å². The first-order chi connectivity index (χ1) is 18.3. The third-order valence-corrected chi connectivity index (χ3v) is 5.90. The summed E-state index contributed by atoms with van der Waals surface area (Å²) in [6.07, 6.45) is 3.83. The monoisotopic (exact) mass is 494 g/mol. The van der Waals surface area contributed by atoms with Crippen LogP contribution in [0.2, 0.25) is 0 Å². The number of ether oxygens (including phenoxy) is 2. The van der Waals surface area contributed by atoms with E-state index in [4.69, 9.17) is 9.47 Å². The number of anilines is 2. The molecule has 1 amide bonds. The minimum absolute atomic E-state index is 0.129. The van der Waals surface area contributed by atoms with Crippen LogP contribution in [0, 0.1) is 0 Å². The van der Waals surface area contributed by atoms with Gasteiger partial charge in [-0.05, 0) is 73.2 Å². The first-order valence-electron chi connectivity index (χ1n) is 12.8. The van der Waals surface area contributed by atoms with Gasteiger partial charge in [-0.2, -0.15) is 0 Å². The predicted octanol–water partition coefficient (Wildman–Crippen LogP) is 6.76. The van der Waals surface area contributed by atoms with Crippen LogP contribution in [0.15, 0.2) is 109 Å². The van der Waals surface area contributed by atoms with Gasteiger partial charge >= 0.3 is 0 Å². The lowest BCUT2D eigenvalue weighted by Gasteiger charge is -2.13. The van der Waals surface area contributed by atoms with E-state index in [1.807, 2.05) is 60.7 Å². The van der Waals surface area contributed by atoms with Crippen LogP contribution in [0.3, 0.4) is 0 Å². The summed E-state index contributed by atoms with van der Waals surface area (Å²) in [6, 6.07) is 35.9. The lowest BCUT2D eigenvalue weighted by molar-refractivity contribution is -0.114. The van der Waals surface area contributed by atoms with Crippen LogP contribution in [0.1, 0.15) is 24.0 Å². The van der Waals surface area contributed by atoms with Crippen LogP contribution >= 0.6 is 0 Å². The third kappa shape index (κ3) is 9.04. The minimum Gasteiger partial charge on any atom is -0.494 e. The zero-order valence-corrected chi connectivity index (χ0v) is 21.1. The van der Waals surface area contributed by atoms with E-state index in [2.05, 4.69) is 59.2 Å². The highest BCUT2D eigenvalue weighted by Gasteiger charge is 2.07. The van der Waals surface area contributed by atoms with Gasteiger partial charge in [-0.3, -0.25) is 4.79 Å². The summed E-state index contributed by atoms with van der Waals surface area (Å²) in [7, 11) is 0. The fraction of sp³-hybridized carbons (Fsp3) is 0.219. The average molecular weight is 495 g/mol. The molecule has 0 heterocycles. The quantitative estimate of drug-likeness (QED) is 0.190. The summed E-state index contributed by atoms with van der Waals surface area (Å²) in [5, 5.41) is 6.11. The summed E-state index contributed by atoms with van der Waals surface area (Å²) < 4.78 is 11.8. The molecule has 2 N–H and O–H groups in total. The van der Waals surface area contributed by atoms with Crippen LogP contribution in [0.25, 0.3) is 0 Å². The number of nitrogens with one attached hydrogen (secondary N) is 2. The molecular formula is C32H34N2O3. The van der Waals surface area contributed by atoms with Crippen molar-refractivity contribution in [2.75, 3.05) is 30.4 Å². The molecule has 5 nitrogen and oxygen atoms in total. The molecule has 0 aliphatic heterocycles. The van der Waals surface area contributed by atoms with E-state index in [0.29, 0.717) is 13.2 Å². The van der Waals surface area contributed by atoms with Gasteiger partial charge < -0.3 is 20.1 Å². The molecule has 0 saturated heterocycles. The minimum atomic E-state index is -0.129. The number of para-hydroxylation sites is 2. The molecule has 4 aromatic rings. The number of rotatable bonds is 14. The number of aryl methyl sites for hydroxylation is 2. The van der Waals surface area contributed by atoms with Crippen molar-refractivity contribution in [2.45, 2.75) is 25.7 Å². The molecule has 5 heteroatoms. The van der Waals surface area contributed by atoms with Gasteiger partial charge in [-0.15, -0.1) is 0 Å². The number of carbonyl (C=O) groups is 1. The Kier molecular flexibility index (Phi) is 10.0. The maximum atomic E-state index is 12.5. The molecule has 0 aliphatic carbocycles. The first-order valence-corrected chi connectivity index (χ1v) is 12.8. The summed E-state index contributed by atoms with van der Waals surface area (Å²) in [6.45, 7) is 1.40. The van der Waals surface area contributed by atoms with Crippen LogP contribution < -0.4 is 20.1 Å². The van der Waals surface area contributed by atoms with Crippen molar-refractivity contribution in [2.24, 2.45) is 0 Å². The number of hydrogen-bond acceptors (Lipinski definition) is 4. The molecule has 0 saturated carbocycles. The highest BCUT2D eigenvalue weighted by molar-refractivity contribution is 5.94. The summed E-state index contributed by atoms with van der Waals surface area (Å²) in [4.78, 5) is 12.5. The van der Waals surface area contributed by atoms with E-state index in [1.54, 1.807) is 0 Å². The maximum absolute atomic E-state index is 12.5. The Morgan fingerprint density at radius 1 is 0.622 bits per heavy atom. The molecule has 0 bridgehead atoms. The molecule has 0 spiro atoms. The Labute approximate surface area is 219 Å². The molecule has 0 aliphatic rings. The second-order valence-corrected chi connectivity index (χ2v) is 8.80. The number of hydrogen-bond donors (Lipinski definition) is 2. The zero-order valence-electron chi connectivity index (χ0n) is 21.1. The zero-order chi connectivity index (χ0) is 25.5. The van der Waals surface area contributed by atoms with Crippen molar-refractivity contribution >= 4 is 17.3 Å². The first kappa shape index (κ1) is 25.8. The van der Waals surface area contributed by atoms with Gasteiger partial charge in [0, 0.05) is 5.69 Å². The summed E-state index contributed by atoms with van der Waals surface area (Å²) >= 11 is 0. The Morgan fingerprint density at radius 2 is 1.19 bits per heavy atom. The van der Waals surface area contributed by atoms with Crippen LogP contribution in [-0.2, 0) is 17.6 Å². The molecular weight excluding hydrogens is 460 g/mol. The van der Waals surface area contributed by atoms with Crippen molar-refractivity contribution < 1.29 is 14.3 Å². The van der Waals surface area contributed by atoms with Gasteiger partial charge in [-0.1, -0.05) is 72.8 Å². The lowest BCUT2D eigenvalue weighted by Crippen LogP contribution is -2.22. The van der Waals surface area contributed by atoms with Gasteiger partial charge in [0.2, 0.25) is 5.91 Å². The van der Waals surface area contributed by atoms with Crippen molar-refractivity contribution in [1.82, 2.24) is 0 Å². The van der Waals surface area contributed by atoms with Gasteiger partial charge in [0.25, 0.3) is 0 Å². The normalized spacial score (nSPS) is 10.5. The maximum Gasteiger partial charge on any atom is 0.243 e. The van der Waals surface area contributed by atoms with Crippen LogP contribution in [-0.4, -0.2) is 25.7 Å². The predicted molar refractivity (Wildman–Crippen MR) is 151 cm³/mol. The van der Waals surface area contributed by atoms with E-state index in [9.17, 15) is 4.79 Å². The van der Waals surface area contributed by atoms with E-state index in [-0.39, 0.29) is 12.5 Å². The largest absolute Gasteiger partial charge is 0.494 e. The van der Waals surface area contributed by atoms with Gasteiger partial charge in [0.05, 0.1) is 25.4 Å². The van der Waals surface area contributed by atoms with Gasteiger partial charge in [0.15, 0.2) is 0 Å². The number of carbonyl (C=O) groups excluding carboxylic acids is 1. The summed E-state index contributed by atoms with van der Waals surface area (Å²) in [5.74, 6) is 1.41. The number of benzene rings is 4. The molecule has 0 radical (unpaired) electrons. The molecule has 0 fully saturated rings. The molecule has 190 valence electrons. The molecule has 0 unspecified atom stereocenters. The Balaban J connectivity index is 1.16. The van der Waals surface area contributed by atoms with E-state index in [1.165, 1.54) is 11.1 Å².